The minimum Gasteiger partial charge on any atom is -0.489 e. The Balaban J connectivity index is 2.11. The molecule has 0 fully saturated rings. The Morgan fingerprint density at radius 3 is 2.71 bits per heavy atom. The average molecular weight is 370 g/mol. The van der Waals surface area contributed by atoms with E-state index in [9.17, 15) is 0 Å². The molecule has 0 spiro atoms. The lowest BCUT2D eigenvalue weighted by Crippen LogP contribution is -2.13. The molecule has 4 nitrogen and oxygen atoms in total. The topological polar surface area (TPSA) is 67.8 Å². The highest BCUT2D eigenvalue weighted by molar-refractivity contribution is 9.10. The van der Waals surface area contributed by atoms with Crippen LogP contribution in [-0.2, 0) is 6.61 Å². The molecule has 3 N–H and O–H groups in total. The standard InChI is InChI=1S/C15H14BrClN2O2/c1-9-6-12(4-5-13(9)16)21-8-11-3-2-10(7-14(11)17)15(18)19-20/h2-7,20H,8H2,1H3,(H2,18,19). The molecule has 110 valence electrons. The molecule has 0 saturated carbocycles. The quantitative estimate of drug-likeness (QED) is 0.369. The third-order valence-electron chi connectivity index (χ3n) is 2.98. The van der Waals surface area contributed by atoms with Crippen molar-refractivity contribution in [2.75, 3.05) is 0 Å². The molecule has 0 atom stereocenters. The summed E-state index contributed by atoms with van der Waals surface area (Å²) in [6.45, 7) is 2.34. The summed E-state index contributed by atoms with van der Waals surface area (Å²) in [7, 11) is 0. The fourth-order valence-electron chi connectivity index (χ4n) is 1.75. The summed E-state index contributed by atoms with van der Waals surface area (Å²) in [4.78, 5) is 0. The van der Waals surface area contributed by atoms with E-state index in [1.165, 1.54) is 0 Å². The highest BCUT2D eigenvalue weighted by Gasteiger charge is 2.06. The van der Waals surface area contributed by atoms with Crippen molar-refractivity contribution in [1.82, 2.24) is 0 Å². The number of aryl methyl sites for hydroxylation is 1. The van der Waals surface area contributed by atoms with Crippen LogP contribution in [0.25, 0.3) is 0 Å². The van der Waals surface area contributed by atoms with Crippen molar-refractivity contribution in [3.63, 3.8) is 0 Å². The fraction of sp³-hybridized carbons (Fsp3) is 0.133. The Hall–Kier alpha value is -1.72. The predicted molar refractivity (Wildman–Crippen MR) is 87.2 cm³/mol. The number of hydrogen-bond acceptors (Lipinski definition) is 3. The van der Waals surface area contributed by atoms with E-state index < -0.39 is 0 Å². The van der Waals surface area contributed by atoms with Crippen LogP contribution in [0.4, 0.5) is 0 Å². The van der Waals surface area contributed by atoms with Gasteiger partial charge in [0.15, 0.2) is 5.84 Å². The van der Waals surface area contributed by atoms with E-state index in [2.05, 4.69) is 21.1 Å². The molecule has 2 rings (SSSR count). The molecule has 0 radical (unpaired) electrons. The van der Waals surface area contributed by atoms with Crippen LogP contribution in [0.15, 0.2) is 46.0 Å². The van der Waals surface area contributed by atoms with E-state index in [1.807, 2.05) is 25.1 Å². The molecule has 0 aliphatic carbocycles. The van der Waals surface area contributed by atoms with Crippen molar-refractivity contribution in [3.05, 3.63) is 62.6 Å². The van der Waals surface area contributed by atoms with Crippen molar-refractivity contribution in [3.8, 4) is 5.75 Å². The van der Waals surface area contributed by atoms with Crippen LogP contribution in [0.2, 0.25) is 5.02 Å². The summed E-state index contributed by atoms with van der Waals surface area (Å²) < 4.78 is 6.76. The number of rotatable bonds is 4. The van der Waals surface area contributed by atoms with Gasteiger partial charge in [0.2, 0.25) is 0 Å². The minimum atomic E-state index is 0.0212. The van der Waals surface area contributed by atoms with Crippen LogP contribution in [0.1, 0.15) is 16.7 Å². The highest BCUT2D eigenvalue weighted by Crippen LogP contribution is 2.24. The Bertz CT molecular complexity index is 689. The van der Waals surface area contributed by atoms with Crippen LogP contribution >= 0.6 is 27.5 Å². The molecule has 2 aromatic rings. The van der Waals surface area contributed by atoms with E-state index in [4.69, 9.17) is 27.3 Å². The van der Waals surface area contributed by atoms with E-state index in [1.54, 1.807) is 18.2 Å². The lowest BCUT2D eigenvalue weighted by Gasteiger charge is -2.10. The van der Waals surface area contributed by atoms with Gasteiger partial charge >= 0.3 is 0 Å². The second-order valence-electron chi connectivity index (χ2n) is 4.49. The van der Waals surface area contributed by atoms with Gasteiger partial charge in [-0.1, -0.05) is 44.8 Å². The maximum atomic E-state index is 8.64. The first-order valence-electron chi connectivity index (χ1n) is 6.16. The minimum absolute atomic E-state index is 0.0212. The molecule has 2 aromatic carbocycles. The number of nitrogens with zero attached hydrogens (tertiary/aromatic N) is 1. The van der Waals surface area contributed by atoms with E-state index in [0.29, 0.717) is 17.2 Å². The number of nitrogens with two attached hydrogens (primary N) is 1. The Morgan fingerprint density at radius 1 is 1.33 bits per heavy atom. The highest BCUT2D eigenvalue weighted by atomic mass is 79.9. The molecule has 0 heterocycles. The average Bonchev–Trinajstić information content (AvgIpc) is 2.48. The molecule has 21 heavy (non-hydrogen) atoms. The van der Waals surface area contributed by atoms with Crippen molar-refractivity contribution >= 4 is 33.4 Å². The van der Waals surface area contributed by atoms with Crippen LogP contribution in [0.3, 0.4) is 0 Å². The van der Waals surface area contributed by atoms with Gasteiger partial charge in [-0.05, 0) is 36.8 Å². The van der Waals surface area contributed by atoms with E-state index >= 15 is 0 Å². The molecule has 0 saturated heterocycles. The number of ether oxygens (including phenoxy) is 1. The number of halogens is 2. The van der Waals surface area contributed by atoms with Crippen LogP contribution in [0, 0.1) is 6.92 Å². The molecular formula is C15H14BrClN2O2. The summed E-state index contributed by atoms with van der Waals surface area (Å²) in [5, 5.41) is 12.1. The summed E-state index contributed by atoms with van der Waals surface area (Å²) in [6, 6.07) is 10.9. The molecule has 0 unspecified atom stereocenters. The van der Waals surface area contributed by atoms with Gasteiger partial charge in [0, 0.05) is 20.6 Å². The van der Waals surface area contributed by atoms with Gasteiger partial charge in [0.25, 0.3) is 0 Å². The Morgan fingerprint density at radius 2 is 2.10 bits per heavy atom. The predicted octanol–water partition coefficient (Wildman–Crippen LogP) is 4.08. The van der Waals surface area contributed by atoms with Crippen LogP contribution in [0.5, 0.6) is 5.75 Å². The molecular weight excluding hydrogens is 356 g/mol. The third kappa shape index (κ3) is 3.89. The van der Waals surface area contributed by atoms with Gasteiger partial charge in [-0.2, -0.15) is 0 Å². The van der Waals surface area contributed by atoms with Crippen molar-refractivity contribution in [1.29, 1.82) is 0 Å². The summed E-state index contributed by atoms with van der Waals surface area (Å²) in [5.41, 5.74) is 8.00. The van der Waals surface area contributed by atoms with Gasteiger partial charge in [0.05, 0.1) is 0 Å². The second kappa shape index (κ2) is 6.83. The number of oxime groups is 1. The van der Waals surface area contributed by atoms with E-state index in [-0.39, 0.29) is 5.84 Å². The largest absolute Gasteiger partial charge is 0.489 e. The van der Waals surface area contributed by atoms with Crippen LogP contribution < -0.4 is 10.5 Å². The number of hydrogen-bond donors (Lipinski definition) is 2. The van der Waals surface area contributed by atoms with Crippen molar-refractivity contribution in [2.45, 2.75) is 13.5 Å². The number of benzene rings is 2. The van der Waals surface area contributed by atoms with Gasteiger partial charge in [-0.25, -0.2) is 0 Å². The maximum absolute atomic E-state index is 8.64. The maximum Gasteiger partial charge on any atom is 0.170 e. The zero-order chi connectivity index (χ0) is 15.4. The first-order chi connectivity index (χ1) is 10.0. The summed E-state index contributed by atoms with van der Waals surface area (Å²) in [5.74, 6) is 0.792. The molecule has 0 aliphatic rings. The van der Waals surface area contributed by atoms with Gasteiger partial charge in [-0.3, -0.25) is 0 Å². The number of amidine groups is 1. The Kier molecular flexibility index (Phi) is 5.09. The lowest BCUT2D eigenvalue weighted by molar-refractivity contribution is 0.306. The summed E-state index contributed by atoms with van der Waals surface area (Å²) >= 11 is 9.62. The normalized spacial score (nSPS) is 11.5. The lowest BCUT2D eigenvalue weighted by atomic mass is 10.1. The molecule has 0 amide bonds. The first-order valence-corrected chi connectivity index (χ1v) is 7.33. The molecule has 6 heteroatoms. The van der Waals surface area contributed by atoms with E-state index in [0.717, 1.165) is 21.3 Å². The zero-order valence-electron chi connectivity index (χ0n) is 11.3. The molecule has 0 aliphatic heterocycles. The SMILES string of the molecule is Cc1cc(OCc2ccc(/C(N)=N/O)cc2Cl)ccc1Br. The van der Waals surface area contributed by atoms with Gasteiger partial charge in [0.1, 0.15) is 12.4 Å². The molecule has 0 aromatic heterocycles. The third-order valence-corrected chi connectivity index (χ3v) is 4.22. The van der Waals surface area contributed by atoms with Gasteiger partial charge in [-0.15, -0.1) is 0 Å². The fourth-order valence-corrected chi connectivity index (χ4v) is 2.23. The second-order valence-corrected chi connectivity index (χ2v) is 5.75. The van der Waals surface area contributed by atoms with Crippen LogP contribution in [-0.4, -0.2) is 11.0 Å². The van der Waals surface area contributed by atoms with Crippen molar-refractivity contribution in [2.24, 2.45) is 10.9 Å². The zero-order valence-corrected chi connectivity index (χ0v) is 13.6. The van der Waals surface area contributed by atoms with Crippen molar-refractivity contribution < 1.29 is 9.94 Å². The first kappa shape index (κ1) is 15.7. The smallest absolute Gasteiger partial charge is 0.170 e. The summed E-state index contributed by atoms with van der Waals surface area (Å²) in [6.07, 6.45) is 0. The molecule has 0 bridgehead atoms. The van der Waals surface area contributed by atoms with Gasteiger partial charge < -0.3 is 15.7 Å². The Labute approximate surface area is 136 Å². The monoisotopic (exact) mass is 368 g/mol.